The van der Waals surface area contributed by atoms with Gasteiger partial charge in [-0.3, -0.25) is 0 Å². The van der Waals surface area contributed by atoms with Gasteiger partial charge in [-0.25, -0.2) is 0 Å². The highest BCUT2D eigenvalue weighted by molar-refractivity contribution is 4.81. The molecular weight excluding hydrogens is 152 g/mol. The van der Waals surface area contributed by atoms with Crippen LogP contribution in [-0.2, 0) is 4.74 Å². The summed E-state index contributed by atoms with van der Waals surface area (Å²) in [6.07, 6.45) is -4.11. The Labute approximate surface area is 63.8 Å². The normalized spacial score (nSPS) is 45.8. The van der Waals surface area contributed by atoms with Crippen LogP contribution in [0.3, 0.4) is 0 Å². The first kappa shape index (κ1) is 8.89. The topological polar surface area (TPSA) is 90.2 Å². The van der Waals surface area contributed by atoms with Gasteiger partial charge in [-0.1, -0.05) is 0 Å². The second kappa shape index (κ2) is 3.46. The van der Waals surface area contributed by atoms with Gasteiger partial charge in [0.25, 0.3) is 0 Å². The summed E-state index contributed by atoms with van der Waals surface area (Å²) in [6.45, 7) is -0.407. The zero-order valence-electron chi connectivity index (χ0n) is 5.92. The minimum atomic E-state index is -1.11. The SMILES string of the molecule is OCC1O[C@@H](O)CC(O)C1O. The van der Waals surface area contributed by atoms with E-state index in [1.807, 2.05) is 0 Å². The number of ether oxygens (including phenoxy) is 1. The number of hydrogen-bond donors (Lipinski definition) is 4. The van der Waals surface area contributed by atoms with Crippen LogP contribution >= 0.6 is 0 Å². The van der Waals surface area contributed by atoms with E-state index < -0.39 is 31.2 Å². The lowest BCUT2D eigenvalue weighted by atomic mass is 10.0. The van der Waals surface area contributed by atoms with Crippen molar-refractivity contribution in [3.05, 3.63) is 0 Å². The summed E-state index contributed by atoms with van der Waals surface area (Å²) in [5.74, 6) is 0. The molecule has 5 nitrogen and oxygen atoms in total. The van der Waals surface area contributed by atoms with Crippen LogP contribution in [0, 0.1) is 0 Å². The molecule has 4 atom stereocenters. The molecule has 3 unspecified atom stereocenters. The van der Waals surface area contributed by atoms with Gasteiger partial charge in [0.05, 0.1) is 12.7 Å². The second-order valence-electron chi connectivity index (χ2n) is 2.61. The van der Waals surface area contributed by atoms with Crippen LogP contribution in [0.4, 0.5) is 0 Å². The Bertz CT molecular complexity index is 128. The lowest BCUT2D eigenvalue weighted by Gasteiger charge is -2.33. The first-order valence-electron chi connectivity index (χ1n) is 3.45. The van der Waals surface area contributed by atoms with E-state index in [0.29, 0.717) is 0 Å². The molecule has 1 aliphatic rings. The molecule has 0 aromatic heterocycles. The molecule has 1 saturated heterocycles. The third-order valence-corrected chi connectivity index (χ3v) is 1.73. The molecule has 1 rings (SSSR count). The average molecular weight is 164 g/mol. The van der Waals surface area contributed by atoms with Crippen LogP contribution in [0.1, 0.15) is 6.42 Å². The Morgan fingerprint density at radius 2 is 1.91 bits per heavy atom. The molecule has 5 heteroatoms. The quantitative estimate of drug-likeness (QED) is 0.353. The predicted octanol–water partition coefficient (Wildman–Crippen LogP) is -2.19. The Hall–Kier alpha value is -0.200. The Kier molecular flexibility index (Phi) is 2.80. The first-order valence-corrected chi connectivity index (χ1v) is 3.45. The lowest BCUT2D eigenvalue weighted by molar-refractivity contribution is -0.239. The summed E-state index contributed by atoms with van der Waals surface area (Å²) < 4.78 is 4.71. The maximum Gasteiger partial charge on any atom is 0.157 e. The van der Waals surface area contributed by atoms with E-state index in [2.05, 4.69) is 0 Å². The summed E-state index contributed by atoms with van der Waals surface area (Å²) in [4.78, 5) is 0. The molecule has 0 spiro atoms. The van der Waals surface area contributed by atoms with Gasteiger partial charge < -0.3 is 25.2 Å². The molecule has 11 heavy (non-hydrogen) atoms. The monoisotopic (exact) mass is 164 g/mol. The molecule has 1 heterocycles. The molecule has 0 aromatic rings. The second-order valence-corrected chi connectivity index (χ2v) is 2.61. The summed E-state index contributed by atoms with van der Waals surface area (Å²) in [5, 5.41) is 35.6. The Balaban J connectivity index is 2.51. The van der Waals surface area contributed by atoms with Crippen molar-refractivity contribution in [3.8, 4) is 0 Å². The van der Waals surface area contributed by atoms with Crippen LogP contribution in [0.25, 0.3) is 0 Å². The third-order valence-electron chi connectivity index (χ3n) is 1.73. The van der Waals surface area contributed by atoms with Crippen LogP contribution in [0.5, 0.6) is 0 Å². The molecule has 66 valence electrons. The number of aliphatic hydroxyl groups is 4. The van der Waals surface area contributed by atoms with Crippen molar-refractivity contribution in [2.45, 2.75) is 31.0 Å². The Morgan fingerprint density at radius 1 is 1.27 bits per heavy atom. The van der Waals surface area contributed by atoms with Gasteiger partial charge in [0.15, 0.2) is 6.29 Å². The predicted molar refractivity (Wildman–Crippen MR) is 34.6 cm³/mol. The fraction of sp³-hybridized carbons (Fsp3) is 1.00. The molecule has 0 aromatic carbocycles. The van der Waals surface area contributed by atoms with Gasteiger partial charge in [0.1, 0.15) is 12.2 Å². The fourth-order valence-electron chi connectivity index (χ4n) is 1.08. The van der Waals surface area contributed by atoms with E-state index in [9.17, 15) is 0 Å². The molecule has 1 aliphatic heterocycles. The van der Waals surface area contributed by atoms with Crippen LogP contribution in [0.2, 0.25) is 0 Å². The van der Waals surface area contributed by atoms with Gasteiger partial charge in [-0.05, 0) is 0 Å². The molecule has 0 bridgehead atoms. The van der Waals surface area contributed by atoms with Crippen LogP contribution in [-0.4, -0.2) is 51.6 Å². The zero-order chi connectivity index (χ0) is 8.43. The van der Waals surface area contributed by atoms with Crippen molar-refractivity contribution in [2.75, 3.05) is 6.61 Å². The minimum absolute atomic E-state index is 0.0162. The average Bonchev–Trinajstić information content (AvgIpc) is 1.96. The zero-order valence-corrected chi connectivity index (χ0v) is 5.92. The van der Waals surface area contributed by atoms with Gasteiger partial charge in [-0.15, -0.1) is 0 Å². The highest BCUT2D eigenvalue weighted by Crippen LogP contribution is 2.18. The maximum absolute atomic E-state index is 9.11. The van der Waals surface area contributed by atoms with Crippen molar-refractivity contribution >= 4 is 0 Å². The fourth-order valence-corrected chi connectivity index (χ4v) is 1.08. The van der Waals surface area contributed by atoms with Crippen molar-refractivity contribution in [3.63, 3.8) is 0 Å². The minimum Gasteiger partial charge on any atom is -0.394 e. The molecular formula is C6H12O5. The highest BCUT2D eigenvalue weighted by Gasteiger charge is 2.35. The molecule has 0 amide bonds. The summed E-state index contributed by atoms with van der Waals surface area (Å²) in [7, 11) is 0. The van der Waals surface area contributed by atoms with Gasteiger partial charge in [-0.2, -0.15) is 0 Å². The number of rotatable bonds is 1. The van der Waals surface area contributed by atoms with E-state index >= 15 is 0 Å². The van der Waals surface area contributed by atoms with E-state index in [0.717, 1.165) is 0 Å². The maximum atomic E-state index is 9.11. The molecule has 0 saturated carbocycles. The summed E-state index contributed by atoms with van der Waals surface area (Å²) >= 11 is 0. The van der Waals surface area contributed by atoms with Crippen LogP contribution < -0.4 is 0 Å². The smallest absolute Gasteiger partial charge is 0.157 e. The molecule has 4 N–H and O–H groups in total. The van der Waals surface area contributed by atoms with Crippen molar-refractivity contribution in [1.29, 1.82) is 0 Å². The summed E-state index contributed by atoms with van der Waals surface area (Å²) in [5.41, 5.74) is 0. The third kappa shape index (κ3) is 1.88. The van der Waals surface area contributed by atoms with Gasteiger partial charge in [0, 0.05) is 6.42 Å². The first-order chi connectivity index (χ1) is 5.15. The van der Waals surface area contributed by atoms with Crippen molar-refractivity contribution in [1.82, 2.24) is 0 Å². The van der Waals surface area contributed by atoms with Gasteiger partial charge >= 0.3 is 0 Å². The molecule has 1 fully saturated rings. The van der Waals surface area contributed by atoms with E-state index in [1.54, 1.807) is 0 Å². The highest BCUT2D eigenvalue weighted by atomic mass is 16.6. The van der Waals surface area contributed by atoms with Gasteiger partial charge in [0.2, 0.25) is 0 Å². The van der Waals surface area contributed by atoms with E-state index in [1.165, 1.54) is 0 Å². The lowest BCUT2D eigenvalue weighted by Crippen LogP contribution is -2.49. The molecule has 0 aliphatic carbocycles. The Morgan fingerprint density at radius 3 is 2.45 bits per heavy atom. The van der Waals surface area contributed by atoms with E-state index in [4.69, 9.17) is 25.2 Å². The largest absolute Gasteiger partial charge is 0.394 e. The molecule has 0 radical (unpaired) electrons. The number of aliphatic hydroxyl groups excluding tert-OH is 4. The standard InChI is InChI=1S/C6H12O5/c7-2-4-6(10)3(8)1-5(9)11-4/h3-10H,1-2H2/t3?,4?,5-,6?/m1/s1. The van der Waals surface area contributed by atoms with Crippen molar-refractivity contribution in [2.24, 2.45) is 0 Å². The van der Waals surface area contributed by atoms with Crippen LogP contribution in [0.15, 0.2) is 0 Å². The van der Waals surface area contributed by atoms with E-state index in [-0.39, 0.29) is 6.42 Å². The number of hydrogen-bond acceptors (Lipinski definition) is 5. The summed E-state index contributed by atoms with van der Waals surface area (Å²) in [6, 6.07) is 0. The van der Waals surface area contributed by atoms with Crippen molar-refractivity contribution < 1.29 is 25.2 Å².